The second-order valence-corrected chi connectivity index (χ2v) is 6.83. The van der Waals surface area contributed by atoms with Crippen LogP contribution in [-0.2, 0) is 0 Å². The molecular weight excluding hydrogens is 371 g/mol. The average molecular weight is 387 g/mol. The first-order valence-corrected chi connectivity index (χ1v) is 8.96. The molecule has 0 atom stereocenters. The summed E-state index contributed by atoms with van der Waals surface area (Å²) in [6, 6.07) is 11.4. The standard InChI is InChI=1S/C18H16Cl2N6/c19-12-1-4-15(14(20)9-12)25-26-17-10-16(11-5-7-21-8-6-11)23-18(24-17)22-13-2-3-13/h1,4-10,13,25H,2-3H2,(H2,22,23,24,26). The molecule has 3 aromatic rings. The molecule has 26 heavy (non-hydrogen) atoms. The van der Waals surface area contributed by atoms with E-state index in [1.54, 1.807) is 30.6 Å². The first kappa shape index (κ1) is 16.9. The summed E-state index contributed by atoms with van der Waals surface area (Å²) in [4.78, 5) is 13.2. The summed E-state index contributed by atoms with van der Waals surface area (Å²) in [5.41, 5.74) is 8.62. The van der Waals surface area contributed by atoms with Gasteiger partial charge in [-0.3, -0.25) is 15.8 Å². The predicted molar refractivity (Wildman–Crippen MR) is 106 cm³/mol. The van der Waals surface area contributed by atoms with Crippen LogP contribution in [-0.4, -0.2) is 21.0 Å². The maximum atomic E-state index is 6.19. The van der Waals surface area contributed by atoms with Crippen LogP contribution in [0.3, 0.4) is 0 Å². The first-order valence-electron chi connectivity index (χ1n) is 8.20. The Balaban J connectivity index is 1.59. The average Bonchev–Trinajstić information content (AvgIpc) is 3.45. The van der Waals surface area contributed by atoms with Gasteiger partial charge in [0.15, 0.2) is 5.82 Å². The van der Waals surface area contributed by atoms with Crippen LogP contribution in [0.25, 0.3) is 11.3 Å². The summed E-state index contributed by atoms with van der Waals surface area (Å²) in [6.45, 7) is 0. The van der Waals surface area contributed by atoms with Gasteiger partial charge < -0.3 is 5.32 Å². The van der Waals surface area contributed by atoms with E-state index in [0.717, 1.165) is 24.1 Å². The summed E-state index contributed by atoms with van der Waals surface area (Å²) < 4.78 is 0. The third-order valence-electron chi connectivity index (χ3n) is 3.87. The highest BCUT2D eigenvalue weighted by Crippen LogP contribution is 2.28. The maximum absolute atomic E-state index is 6.19. The van der Waals surface area contributed by atoms with Gasteiger partial charge in [-0.25, -0.2) is 4.98 Å². The summed E-state index contributed by atoms with van der Waals surface area (Å²) in [5.74, 6) is 1.22. The van der Waals surface area contributed by atoms with E-state index in [9.17, 15) is 0 Å². The molecule has 1 saturated carbocycles. The zero-order chi connectivity index (χ0) is 17.9. The van der Waals surface area contributed by atoms with E-state index in [-0.39, 0.29) is 0 Å². The van der Waals surface area contributed by atoms with Gasteiger partial charge in [-0.15, -0.1) is 0 Å². The number of hydrogen-bond acceptors (Lipinski definition) is 6. The monoisotopic (exact) mass is 386 g/mol. The van der Waals surface area contributed by atoms with Crippen LogP contribution in [0.15, 0.2) is 48.8 Å². The Morgan fingerprint density at radius 3 is 2.46 bits per heavy atom. The SMILES string of the molecule is Clc1ccc(NNc2cc(-c3ccncc3)nc(NC3CC3)n2)c(Cl)c1. The van der Waals surface area contributed by atoms with Crippen LogP contribution in [0, 0.1) is 0 Å². The van der Waals surface area contributed by atoms with Crippen molar-refractivity contribution < 1.29 is 0 Å². The molecule has 1 aromatic carbocycles. The van der Waals surface area contributed by atoms with Gasteiger partial charge in [0.1, 0.15) is 0 Å². The normalized spacial score (nSPS) is 13.3. The van der Waals surface area contributed by atoms with Gasteiger partial charge in [0.25, 0.3) is 0 Å². The molecule has 0 unspecified atom stereocenters. The molecule has 1 aliphatic rings. The van der Waals surface area contributed by atoms with Gasteiger partial charge in [-0.2, -0.15) is 4.98 Å². The van der Waals surface area contributed by atoms with E-state index in [2.05, 4.69) is 31.1 Å². The minimum atomic E-state index is 0.453. The molecule has 1 aliphatic carbocycles. The lowest BCUT2D eigenvalue weighted by Gasteiger charge is -2.13. The number of hydrogen-bond donors (Lipinski definition) is 3. The second-order valence-electron chi connectivity index (χ2n) is 5.99. The summed E-state index contributed by atoms with van der Waals surface area (Å²) in [6.07, 6.45) is 5.77. The smallest absolute Gasteiger partial charge is 0.225 e. The molecule has 2 heterocycles. The van der Waals surface area contributed by atoms with Crippen LogP contribution in [0.5, 0.6) is 0 Å². The quantitative estimate of drug-likeness (QED) is 0.525. The van der Waals surface area contributed by atoms with Crippen molar-refractivity contribution in [2.75, 3.05) is 16.2 Å². The van der Waals surface area contributed by atoms with Crippen molar-refractivity contribution in [2.45, 2.75) is 18.9 Å². The number of pyridine rings is 1. The van der Waals surface area contributed by atoms with Crippen molar-refractivity contribution in [3.63, 3.8) is 0 Å². The molecule has 4 rings (SSSR count). The van der Waals surface area contributed by atoms with Crippen molar-refractivity contribution in [3.8, 4) is 11.3 Å². The molecule has 8 heteroatoms. The number of rotatable bonds is 6. The van der Waals surface area contributed by atoms with Crippen LogP contribution < -0.4 is 16.2 Å². The molecule has 0 spiro atoms. The van der Waals surface area contributed by atoms with Gasteiger partial charge in [0.05, 0.1) is 16.4 Å². The van der Waals surface area contributed by atoms with E-state index in [4.69, 9.17) is 23.2 Å². The molecule has 0 amide bonds. The van der Waals surface area contributed by atoms with E-state index in [1.807, 2.05) is 18.2 Å². The number of nitrogens with one attached hydrogen (secondary N) is 3. The third-order valence-corrected chi connectivity index (χ3v) is 4.42. The highest BCUT2D eigenvalue weighted by atomic mass is 35.5. The number of hydrazine groups is 1. The molecule has 2 aromatic heterocycles. The number of benzene rings is 1. The molecular formula is C18H16Cl2N6. The number of halogens is 2. The van der Waals surface area contributed by atoms with E-state index < -0.39 is 0 Å². The van der Waals surface area contributed by atoms with E-state index in [1.165, 1.54) is 0 Å². The topological polar surface area (TPSA) is 74.8 Å². The van der Waals surface area contributed by atoms with Crippen LogP contribution in [0.4, 0.5) is 17.5 Å². The van der Waals surface area contributed by atoms with Crippen molar-refractivity contribution in [1.82, 2.24) is 15.0 Å². The number of anilines is 3. The molecule has 6 nitrogen and oxygen atoms in total. The zero-order valence-electron chi connectivity index (χ0n) is 13.7. The lowest BCUT2D eigenvalue weighted by molar-refractivity contribution is 1.05. The Morgan fingerprint density at radius 1 is 0.923 bits per heavy atom. The molecule has 0 bridgehead atoms. The Hall–Kier alpha value is -2.57. The van der Waals surface area contributed by atoms with E-state index in [0.29, 0.717) is 33.5 Å². The number of nitrogens with zero attached hydrogens (tertiary/aromatic N) is 3. The Labute approximate surface area is 161 Å². The van der Waals surface area contributed by atoms with Gasteiger partial charge in [-0.05, 0) is 43.2 Å². The minimum absolute atomic E-state index is 0.453. The first-order chi connectivity index (χ1) is 12.7. The number of aromatic nitrogens is 3. The van der Waals surface area contributed by atoms with Crippen LogP contribution >= 0.6 is 23.2 Å². The highest BCUT2D eigenvalue weighted by Gasteiger charge is 2.22. The molecule has 0 saturated heterocycles. The molecule has 0 aliphatic heterocycles. The summed E-state index contributed by atoms with van der Waals surface area (Å²) >= 11 is 12.1. The largest absolute Gasteiger partial charge is 0.351 e. The fourth-order valence-corrected chi connectivity index (χ4v) is 2.83. The van der Waals surface area contributed by atoms with Gasteiger partial charge >= 0.3 is 0 Å². The molecule has 3 N–H and O–H groups in total. The Kier molecular flexibility index (Phi) is 4.77. The van der Waals surface area contributed by atoms with Gasteiger partial charge in [0.2, 0.25) is 5.95 Å². The highest BCUT2D eigenvalue weighted by molar-refractivity contribution is 6.36. The minimum Gasteiger partial charge on any atom is -0.351 e. The summed E-state index contributed by atoms with van der Waals surface area (Å²) in [5, 5.41) is 4.43. The second kappa shape index (κ2) is 7.35. The molecule has 1 fully saturated rings. The Morgan fingerprint density at radius 2 is 1.73 bits per heavy atom. The predicted octanol–water partition coefficient (Wildman–Crippen LogP) is 4.86. The zero-order valence-corrected chi connectivity index (χ0v) is 15.2. The van der Waals surface area contributed by atoms with Gasteiger partial charge in [0, 0.05) is 35.1 Å². The van der Waals surface area contributed by atoms with Crippen LogP contribution in [0.1, 0.15) is 12.8 Å². The lowest BCUT2D eigenvalue weighted by Crippen LogP contribution is -2.13. The Bertz CT molecular complexity index is 915. The van der Waals surface area contributed by atoms with Crippen molar-refractivity contribution in [2.24, 2.45) is 0 Å². The fraction of sp³-hybridized carbons (Fsp3) is 0.167. The van der Waals surface area contributed by atoms with Crippen molar-refractivity contribution >= 4 is 40.7 Å². The maximum Gasteiger partial charge on any atom is 0.225 e. The molecule has 132 valence electrons. The molecule has 0 radical (unpaired) electrons. The fourth-order valence-electron chi connectivity index (χ4n) is 2.38. The van der Waals surface area contributed by atoms with Gasteiger partial charge in [-0.1, -0.05) is 23.2 Å². The van der Waals surface area contributed by atoms with Crippen molar-refractivity contribution in [1.29, 1.82) is 0 Å². The van der Waals surface area contributed by atoms with E-state index >= 15 is 0 Å². The summed E-state index contributed by atoms with van der Waals surface area (Å²) in [7, 11) is 0. The van der Waals surface area contributed by atoms with Crippen LogP contribution in [0.2, 0.25) is 10.0 Å². The van der Waals surface area contributed by atoms with Crippen molar-refractivity contribution in [3.05, 3.63) is 58.8 Å². The lowest BCUT2D eigenvalue weighted by atomic mass is 10.2. The third kappa shape index (κ3) is 4.15.